The van der Waals surface area contributed by atoms with Gasteiger partial charge in [0.25, 0.3) is 0 Å². The van der Waals surface area contributed by atoms with Crippen molar-refractivity contribution in [2.45, 2.75) is 0 Å². The van der Waals surface area contributed by atoms with E-state index in [0.29, 0.717) is 0 Å². The molecule has 0 unspecified atom stereocenters. The molecule has 0 spiro atoms. The zero-order valence-electron chi connectivity index (χ0n) is 3.83. The molecule has 36 valence electrons. The van der Waals surface area contributed by atoms with Gasteiger partial charge in [0.2, 0.25) is 0 Å². The van der Waals surface area contributed by atoms with Gasteiger partial charge in [-0.25, -0.2) is 0 Å². The first-order chi connectivity index (χ1) is 2.00. The van der Waals surface area contributed by atoms with Crippen LogP contribution in [0.5, 0.6) is 0 Å². The molecule has 8 heavy (non-hydrogen) atoms. The Hall–Kier alpha value is 4.51. The summed E-state index contributed by atoms with van der Waals surface area (Å²) in [6, 6.07) is 0. The molecule has 0 aromatic carbocycles. The Bertz CT molecular complexity index is 99.2. The van der Waals surface area contributed by atoms with Crippen molar-refractivity contribution in [2.24, 2.45) is 0 Å². The fraction of sp³-hybridized carbons (Fsp3) is 0. The Morgan fingerprint density at radius 2 is 1.12 bits per heavy atom. The minimum absolute atomic E-state index is 0. The average Bonchev–Trinajstić information content (AvgIpc) is 0.722. The van der Waals surface area contributed by atoms with E-state index in [2.05, 4.69) is 0 Å². The molecule has 0 aromatic rings. The van der Waals surface area contributed by atoms with E-state index < -0.39 is 10.4 Å². The van der Waals surface area contributed by atoms with Crippen LogP contribution >= 0.6 is 0 Å². The van der Waals surface area contributed by atoms with Gasteiger partial charge in [-0.2, -0.15) is 0 Å². The van der Waals surface area contributed by atoms with Crippen LogP contribution in [-0.2, 0) is 10.4 Å². The largest absolute Gasteiger partial charge is 3.00 e. The molecule has 0 bridgehead atoms. The van der Waals surface area contributed by atoms with Gasteiger partial charge in [0.1, 0.15) is 0 Å². The van der Waals surface area contributed by atoms with Gasteiger partial charge in [0.05, 0.1) is 0 Å². The topological polar surface area (TPSA) is 80.3 Å². The molecule has 0 atom stereocenters. The summed E-state index contributed by atoms with van der Waals surface area (Å²) in [5.74, 6) is 0. The van der Waals surface area contributed by atoms with Gasteiger partial charge in [-0.05, 0) is 0 Å². The van der Waals surface area contributed by atoms with Crippen LogP contribution in [0.3, 0.4) is 0 Å². The molecule has 0 rings (SSSR count). The van der Waals surface area contributed by atoms with Crippen molar-refractivity contribution in [3.63, 3.8) is 0 Å². The Labute approximate surface area is 166 Å². The third-order valence-electron chi connectivity index (χ3n) is 0. The predicted octanol–water partition coefficient (Wildman–Crippen LogP) is -2.10. The van der Waals surface area contributed by atoms with Crippen molar-refractivity contribution in [2.75, 3.05) is 0 Å². The summed E-state index contributed by atoms with van der Waals surface area (Å²) in [7, 11) is -5.17. The van der Waals surface area contributed by atoms with Crippen molar-refractivity contribution in [3.8, 4) is 0 Å². The molecule has 4 nitrogen and oxygen atoms in total. The fourth-order valence-electron chi connectivity index (χ4n) is 0. The van der Waals surface area contributed by atoms with Crippen LogP contribution in [0.15, 0.2) is 0 Å². The van der Waals surface area contributed by atoms with Crippen LogP contribution in [0.4, 0.5) is 0 Å². The molecular formula is BaEuO4SSr+5. The fourth-order valence-corrected chi connectivity index (χ4v) is 0. The van der Waals surface area contributed by atoms with E-state index in [0.717, 1.165) is 0 Å². The Morgan fingerprint density at radius 1 is 1.12 bits per heavy atom. The first-order valence-corrected chi connectivity index (χ1v) is 2.00. The molecule has 0 N–H and O–H groups in total. The van der Waals surface area contributed by atoms with E-state index in [1.165, 1.54) is 0 Å². The van der Waals surface area contributed by atoms with Crippen molar-refractivity contribution in [1.29, 1.82) is 0 Å². The number of hydrogen-bond donors (Lipinski definition) is 0. The maximum absolute atomic E-state index is 8.52. The maximum atomic E-state index is 8.52. The molecule has 0 saturated carbocycles. The van der Waals surface area contributed by atoms with Crippen LogP contribution in [-0.4, -0.2) is 112 Å². The van der Waals surface area contributed by atoms with Gasteiger partial charge in [0.15, 0.2) is 0 Å². The van der Waals surface area contributed by atoms with Crippen molar-refractivity contribution < 1.29 is 66.9 Å². The predicted molar refractivity (Wildman–Crippen MR) is 22.0 cm³/mol. The Kier molecular flexibility index (Phi) is 32.9. The molecular weight excluding hydrogens is 473 g/mol. The molecule has 0 aliphatic carbocycles. The van der Waals surface area contributed by atoms with Crippen molar-refractivity contribution in [3.05, 3.63) is 0 Å². The molecule has 0 radical (unpaired) electrons. The Balaban J connectivity index is -0.0000000267. The third kappa shape index (κ3) is 46.8. The van der Waals surface area contributed by atoms with E-state index in [-0.39, 0.29) is 144 Å². The van der Waals surface area contributed by atoms with Crippen LogP contribution < -0.4 is 0 Å². The van der Waals surface area contributed by atoms with E-state index in [9.17, 15) is 0 Å². The zero-order chi connectivity index (χ0) is 4.50. The first kappa shape index (κ1) is 22.9. The molecule has 0 saturated heterocycles. The second kappa shape index (κ2) is 11.5. The van der Waals surface area contributed by atoms with Crippen LogP contribution in [0, 0.1) is 49.4 Å². The second-order valence-electron chi connectivity index (χ2n) is 0.408. The summed E-state index contributed by atoms with van der Waals surface area (Å²) >= 11 is 0. The summed E-state index contributed by atoms with van der Waals surface area (Å²) in [5.41, 5.74) is 0. The van der Waals surface area contributed by atoms with Crippen LogP contribution in [0.1, 0.15) is 0 Å². The molecule has 0 amide bonds. The monoisotopic (exact) mass is 475 g/mol. The van der Waals surface area contributed by atoms with Gasteiger partial charge in [-0.3, -0.25) is 8.42 Å². The molecule has 8 heteroatoms. The van der Waals surface area contributed by atoms with Crippen LogP contribution in [0.2, 0.25) is 0 Å². The van der Waals surface area contributed by atoms with Gasteiger partial charge in [-0.1, -0.05) is 0 Å². The minimum atomic E-state index is -5.17. The average molecular weight is 473 g/mol. The quantitative estimate of drug-likeness (QED) is 0.230. The van der Waals surface area contributed by atoms with Crippen molar-refractivity contribution >= 4 is 105 Å². The molecule has 0 aliphatic rings. The molecule has 0 heterocycles. The summed E-state index contributed by atoms with van der Waals surface area (Å²) in [6.45, 7) is 0. The normalized spacial score (nSPS) is 7.25. The van der Waals surface area contributed by atoms with Crippen molar-refractivity contribution in [1.82, 2.24) is 0 Å². The molecule has 0 aliphatic heterocycles. The zero-order valence-corrected chi connectivity index (χ0v) is 15.0. The van der Waals surface area contributed by atoms with Gasteiger partial charge in [-0.15, -0.1) is 0 Å². The van der Waals surface area contributed by atoms with E-state index in [1.807, 2.05) is 0 Å². The van der Waals surface area contributed by atoms with Gasteiger partial charge < -0.3 is 9.11 Å². The summed E-state index contributed by atoms with van der Waals surface area (Å²) in [5, 5.41) is 0. The molecule has 0 fully saturated rings. The summed E-state index contributed by atoms with van der Waals surface area (Å²) in [4.78, 5) is 0. The van der Waals surface area contributed by atoms with E-state index in [1.54, 1.807) is 0 Å². The number of hydrogen-bond acceptors (Lipinski definition) is 4. The minimum Gasteiger partial charge on any atom is -0.759 e. The standard InChI is InChI=1S/Ba.Eu.H2O4S.Sr/c;;1-5(2,3)4;/h;;(H2,1,2,3,4);/q+2;+3;;+2/p-2. The summed E-state index contributed by atoms with van der Waals surface area (Å²) in [6.07, 6.45) is 0. The molecule has 0 aromatic heterocycles. The van der Waals surface area contributed by atoms with E-state index in [4.69, 9.17) is 17.5 Å². The Morgan fingerprint density at radius 3 is 1.12 bits per heavy atom. The van der Waals surface area contributed by atoms with E-state index >= 15 is 0 Å². The second-order valence-corrected chi connectivity index (χ2v) is 1.22. The van der Waals surface area contributed by atoms with Gasteiger partial charge >= 0.3 is 144 Å². The maximum Gasteiger partial charge on any atom is 3.00 e. The smallest absolute Gasteiger partial charge is 0.759 e. The van der Waals surface area contributed by atoms with Crippen LogP contribution in [0.25, 0.3) is 0 Å². The van der Waals surface area contributed by atoms with Gasteiger partial charge in [0, 0.05) is 10.4 Å². The first-order valence-electron chi connectivity index (χ1n) is 0.667. The summed E-state index contributed by atoms with van der Waals surface area (Å²) < 4.78 is 34.1. The SMILES string of the molecule is O=S(=O)([O-])[O-].[Ba+2].[Eu+3].[Sr+2]. The number of rotatable bonds is 0. The third-order valence-corrected chi connectivity index (χ3v) is 0.